The number of hydrogen-bond donors (Lipinski definition) is 0. The molecule has 0 aromatic rings. The van der Waals surface area contributed by atoms with Gasteiger partial charge in [0.15, 0.2) is 0 Å². The summed E-state index contributed by atoms with van der Waals surface area (Å²) in [4.78, 5) is 0. The summed E-state index contributed by atoms with van der Waals surface area (Å²) in [5.74, 6) is 0. The number of rotatable bonds is 5. The van der Waals surface area contributed by atoms with Gasteiger partial charge in [-0.3, -0.25) is 0 Å². The fraction of sp³-hybridized carbons (Fsp3) is 0.900. The molecule has 0 fully saturated rings. The van der Waals surface area contributed by atoms with Crippen LogP contribution in [0, 0.1) is 7.43 Å². The van der Waals surface area contributed by atoms with E-state index in [1.807, 2.05) is 6.92 Å². The van der Waals surface area contributed by atoms with Crippen molar-refractivity contribution in [1.82, 2.24) is 0 Å². The van der Waals surface area contributed by atoms with Crippen LogP contribution in [0.3, 0.4) is 0 Å². The molecule has 0 radical (unpaired) electrons. The molecule has 0 aliphatic heterocycles. The van der Waals surface area contributed by atoms with E-state index in [4.69, 9.17) is 0 Å². The van der Waals surface area contributed by atoms with E-state index in [-0.39, 0.29) is 46.3 Å². The monoisotopic (exact) mass is 260 g/mol. The van der Waals surface area contributed by atoms with Crippen molar-refractivity contribution in [3.63, 3.8) is 0 Å². The predicted molar refractivity (Wildman–Crippen MR) is 57.5 cm³/mol. The maximum absolute atomic E-state index is 4.47. The molecule has 2 atom stereocenters. The van der Waals surface area contributed by atoms with Crippen LogP contribution in [0.2, 0.25) is 0 Å². The first-order chi connectivity index (χ1) is 5.06. The van der Waals surface area contributed by atoms with E-state index in [1.54, 1.807) is 0 Å². The van der Waals surface area contributed by atoms with Crippen LogP contribution < -0.4 is 0 Å². The van der Waals surface area contributed by atoms with Gasteiger partial charge in [0.2, 0.25) is 0 Å². The van der Waals surface area contributed by atoms with E-state index in [0.29, 0.717) is 12.1 Å². The summed E-state index contributed by atoms with van der Waals surface area (Å²) < 4.78 is 0. The second-order valence-corrected chi connectivity index (χ2v) is 3.28. The topological polar surface area (TPSA) is 28.2 Å². The van der Waals surface area contributed by atoms with Gasteiger partial charge in [0.1, 0.15) is 0 Å². The summed E-state index contributed by atoms with van der Waals surface area (Å²) in [5, 5.41) is 8.87. The van der Waals surface area contributed by atoms with E-state index >= 15 is 0 Å². The Bertz CT molecular complexity index is 96.9. The average Bonchev–Trinajstić information content (AvgIpc) is 1.85. The number of hydrogen-bond acceptors (Lipinski definition) is 0. The molecule has 0 heterocycles. The fourth-order valence-electron chi connectivity index (χ4n) is 0.944. The molecule has 2 unspecified atom stereocenters. The van der Waals surface area contributed by atoms with Gasteiger partial charge in [0.25, 0.3) is 0 Å². The van der Waals surface area contributed by atoms with Gasteiger partial charge in [-0.2, -0.15) is 0 Å². The Kier molecular flexibility index (Phi) is 16.7. The van der Waals surface area contributed by atoms with Crippen LogP contribution in [0.25, 0.3) is 10.6 Å². The minimum Gasteiger partial charge on any atom is -0.676 e. The van der Waals surface area contributed by atoms with Gasteiger partial charge < -0.3 is 18.1 Å². The van der Waals surface area contributed by atoms with Gasteiger partial charge >= 0.3 is 32.7 Å². The van der Waals surface area contributed by atoms with Crippen molar-refractivity contribution in [1.29, 1.82) is 0 Å². The van der Waals surface area contributed by atoms with E-state index in [1.165, 1.54) is 0 Å². The molecule has 0 aliphatic carbocycles. The van der Waals surface area contributed by atoms with Crippen LogP contribution in [0.4, 0.5) is 0 Å². The van der Waals surface area contributed by atoms with Crippen LogP contribution in [0.5, 0.6) is 0 Å². The summed E-state index contributed by atoms with van der Waals surface area (Å²) in [6, 6.07) is 0.852. The fourth-order valence-corrected chi connectivity index (χ4v) is 0.944. The Morgan fingerprint density at radius 1 is 1.00 bits per heavy atom. The predicted octanol–water partition coefficient (Wildman–Crippen LogP) is 3.73. The summed E-state index contributed by atoms with van der Waals surface area (Å²) in [7, 11) is 0. The minimum absolute atomic E-state index is 0. The molecule has 3 heteroatoms. The van der Waals surface area contributed by atoms with Gasteiger partial charge in [-0.15, -0.1) is 19.0 Å². The van der Waals surface area contributed by atoms with Crippen LogP contribution >= 0.6 is 0 Å². The van der Waals surface area contributed by atoms with Crippen molar-refractivity contribution < 1.29 is 32.7 Å². The third-order valence-electron chi connectivity index (χ3n) is 1.57. The number of nitrogens with zero attached hydrogens (tertiary/aromatic N) is 2. The minimum atomic E-state index is 0. The summed E-state index contributed by atoms with van der Waals surface area (Å²) >= 11 is 0. The Morgan fingerprint density at radius 3 is 1.77 bits per heavy atom. The zero-order chi connectivity index (χ0) is 8.85. The van der Waals surface area contributed by atoms with Crippen LogP contribution in [0.1, 0.15) is 41.0 Å². The van der Waals surface area contributed by atoms with Crippen molar-refractivity contribution >= 4 is 0 Å². The second kappa shape index (κ2) is 11.1. The SMILES string of the molecule is CCC(C)[N-]C(C)[N-]C(C)C.[CH3-].[Y+3]. The van der Waals surface area contributed by atoms with Crippen LogP contribution in [-0.2, 0) is 32.7 Å². The summed E-state index contributed by atoms with van der Waals surface area (Å²) in [6.45, 7) is 10.5. The van der Waals surface area contributed by atoms with E-state index < -0.39 is 0 Å². The van der Waals surface area contributed by atoms with Crippen molar-refractivity contribution in [2.45, 2.75) is 59.3 Å². The van der Waals surface area contributed by atoms with Gasteiger partial charge in [-0.1, -0.05) is 34.1 Å². The third kappa shape index (κ3) is 13.0. The third-order valence-corrected chi connectivity index (χ3v) is 1.57. The molecule has 0 aromatic carbocycles. The Balaban J connectivity index is -0.000000500. The molecular formula is C10H23N2Y. The Hall–Kier alpha value is 1.02. The molecule has 76 valence electrons. The van der Waals surface area contributed by atoms with Crippen molar-refractivity contribution in [3.05, 3.63) is 18.1 Å². The molecule has 0 amide bonds. The zero-order valence-corrected chi connectivity index (χ0v) is 12.7. The van der Waals surface area contributed by atoms with E-state index in [9.17, 15) is 0 Å². The molecule has 0 spiro atoms. The molecule has 0 bridgehead atoms. The van der Waals surface area contributed by atoms with Gasteiger partial charge in [0.05, 0.1) is 0 Å². The maximum Gasteiger partial charge on any atom is 3.00 e. The van der Waals surface area contributed by atoms with Gasteiger partial charge in [0, 0.05) is 0 Å². The molecule has 0 aliphatic rings. The maximum atomic E-state index is 4.47. The molecule has 13 heavy (non-hydrogen) atoms. The molecular weight excluding hydrogens is 237 g/mol. The smallest absolute Gasteiger partial charge is 0.676 e. The van der Waals surface area contributed by atoms with Crippen molar-refractivity contribution in [2.75, 3.05) is 0 Å². The first kappa shape index (κ1) is 19.6. The average molecular weight is 260 g/mol. The molecule has 0 aromatic heterocycles. The van der Waals surface area contributed by atoms with Gasteiger partial charge in [-0.05, 0) is 0 Å². The second-order valence-electron chi connectivity index (χ2n) is 3.28. The van der Waals surface area contributed by atoms with Crippen molar-refractivity contribution in [2.24, 2.45) is 0 Å². The molecule has 0 N–H and O–H groups in total. The zero-order valence-electron chi connectivity index (χ0n) is 9.91. The quantitative estimate of drug-likeness (QED) is 0.674. The summed E-state index contributed by atoms with van der Waals surface area (Å²) in [6.07, 6.45) is 1.28. The Morgan fingerprint density at radius 2 is 1.46 bits per heavy atom. The first-order valence-corrected chi connectivity index (χ1v) is 4.46. The van der Waals surface area contributed by atoms with E-state index in [2.05, 4.69) is 38.3 Å². The molecule has 0 rings (SSSR count). The molecule has 2 nitrogen and oxygen atoms in total. The van der Waals surface area contributed by atoms with Crippen LogP contribution in [-0.4, -0.2) is 18.2 Å². The van der Waals surface area contributed by atoms with Crippen LogP contribution in [0.15, 0.2) is 0 Å². The molecule has 0 saturated heterocycles. The standard InChI is InChI=1S/C9H20N2.CH3.Y/c1-6-8(4)11-9(5)10-7(2)3;;/h7-9H,6H2,1-5H3;1H3;/q-2;-1;+3. The Labute approximate surface area is 110 Å². The van der Waals surface area contributed by atoms with Gasteiger partial charge in [-0.25, -0.2) is 6.17 Å². The summed E-state index contributed by atoms with van der Waals surface area (Å²) in [5.41, 5.74) is 0. The van der Waals surface area contributed by atoms with E-state index in [0.717, 1.165) is 6.42 Å². The largest absolute Gasteiger partial charge is 3.00 e. The first-order valence-electron chi connectivity index (χ1n) is 4.46. The normalized spacial score (nSPS) is 14.3. The van der Waals surface area contributed by atoms with Crippen molar-refractivity contribution in [3.8, 4) is 0 Å². The molecule has 0 saturated carbocycles.